The van der Waals surface area contributed by atoms with E-state index in [2.05, 4.69) is 17.2 Å². The number of nitrogens with zero attached hydrogens (tertiary/aromatic N) is 3. The maximum absolute atomic E-state index is 12.3. The molecule has 2 rings (SSSR count). The summed E-state index contributed by atoms with van der Waals surface area (Å²) in [5, 5.41) is 3.62. The number of nitrogens with one attached hydrogen (secondary N) is 1. The van der Waals surface area contributed by atoms with Gasteiger partial charge >= 0.3 is 6.03 Å². The highest BCUT2D eigenvalue weighted by molar-refractivity contribution is 6.30. The molecule has 1 aromatic heterocycles. The summed E-state index contributed by atoms with van der Waals surface area (Å²) in [4.78, 5) is 18.3. The number of benzene rings is 1. The molecule has 23 heavy (non-hydrogen) atoms. The van der Waals surface area contributed by atoms with Gasteiger partial charge in [0, 0.05) is 43.5 Å². The minimum atomic E-state index is -0.110. The maximum atomic E-state index is 12.3. The first-order chi connectivity index (χ1) is 10.9. The molecule has 2 amide bonds. The second-order valence-electron chi connectivity index (χ2n) is 5.80. The molecule has 2 aromatic rings. The van der Waals surface area contributed by atoms with Gasteiger partial charge in [0.05, 0.1) is 6.54 Å². The maximum Gasteiger partial charge on any atom is 0.317 e. The monoisotopic (exact) mass is 334 g/mol. The van der Waals surface area contributed by atoms with Crippen LogP contribution in [0.2, 0.25) is 5.02 Å². The van der Waals surface area contributed by atoms with E-state index in [0.29, 0.717) is 6.54 Å². The largest absolute Gasteiger partial charge is 0.337 e. The van der Waals surface area contributed by atoms with Crippen molar-refractivity contribution in [2.24, 2.45) is 7.05 Å². The fourth-order valence-corrected chi connectivity index (χ4v) is 2.54. The molecule has 0 saturated carbocycles. The van der Waals surface area contributed by atoms with Gasteiger partial charge in [-0.2, -0.15) is 0 Å². The highest BCUT2D eigenvalue weighted by atomic mass is 35.5. The highest BCUT2D eigenvalue weighted by Gasteiger charge is 2.22. The molecule has 5 nitrogen and oxygen atoms in total. The van der Waals surface area contributed by atoms with Gasteiger partial charge in [0.1, 0.15) is 5.82 Å². The number of hydrogen-bond donors (Lipinski definition) is 1. The van der Waals surface area contributed by atoms with Crippen molar-refractivity contribution < 1.29 is 4.79 Å². The number of carbonyl (C=O) groups excluding carboxylic acids is 1. The van der Waals surface area contributed by atoms with Gasteiger partial charge in [0.15, 0.2) is 0 Å². The van der Waals surface area contributed by atoms with E-state index < -0.39 is 0 Å². The van der Waals surface area contributed by atoms with Crippen LogP contribution in [0.1, 0.15) is 31.2 Å². The van der Waals surface area contributed by atoms with Gasteiger partial charge in [-0.05, 0) is 24.6 Å². The molecule has 0 aliphatic rings. The van der Waals surface area contributed by atoms with Crippen molar-refractivity contribution in [3.8, 4) is 0 Å². The smallest absolute Gasteiger partial charge is 0.317 e. The zero-order chi connectivity index (χ0) is 17.0. The Labute approximate surface area is 142 Å². The number of aromatic nitrogens is 2. The number of urea groups is 1. The molecular weight excluding hydrogens is 312 g/mol. The molecule has 6 heteroatoms. The first-order valence-corrected chi connectivity index (χ1v) is 8.00. The Bertz CT molecular complexity index is 653. The summed E-state index contributed by atoms with van der Waals surface area (Å²) in [6, 6.07) is 7.70. The Morgan fingerprint density at radius 1 is 1.35 bits per heavy atom. The van der Waals surface area contributed by atoms with E-state index in [9.17, 15) is 4.79 Å². The van der Waals surface area contributed by atoms with Gasteiger partial charge in [-0.25, -0.2) is 9.78 Å². The van der Waals surface area contributed by atoms with Crippen LogP contribution in [0.15, 0.2) is 36.7 Å². The van der Waals surface area contributed by atoms with Crippen molar-refractivity contribution in [2.75, 3.05) is 7.05 Å². The van der Waals surface area contributed by atoms with E-state index in [1.165, 1.54) is 0 Å². The van der Waals surface area contributed by atoms with E-state index in [0.717, 1.165) is 16.4 Å². The van der Waals surface area contributed by atoms with Crippen molar-refractivity contribution in [1.29, 1.82) is 0 Å². The average Bonchev–Trinajstić information content (AvgIpc) is 2.96. The second-order valence-corrected chi connectivity index (χ2v) is 6.24. The molecule has 0 unspecified atom stereocenters. The molecule has 0 spiro atoms. The van der Waals surface area contributed by atoms with Gasteiger partial charge < -0.3 is 14.8 Å². The predicted molar refractivity (Wildman–Crippen MR) is 92.5 cm³/mol. The zero-order valence-electron chi connectivity index (χ0n) is 14.0. The van der Waals surface area contributed by atoms with Gasteiger partial charge in [0.2, 0.25) is 0 Å². The number of aryl methyl sites for hydroxylation is 1. The normalized spacial score (nSPS) is 13.4. The van der Waals surface area contributed by atoms with Crippen molar-refractivity contribution in [3.05, 3.63) is 53.1 Å². The minimum absolute atomic E-state index is 0.0533. The number of rotatable bonds is 5. The molecule has 2 atom stereocenters. The summed E-state index contributed by atoms with van der Waals surface area (Å²) in [5.74, 6) is 1.03. The number of carbonyl (C=O) groups is 1. The van der Waals surface area contributed by atoms with Crippen LogP contribution in [-0.4, -0.2) is 33.6 Å². The Hall–Kier alpha value is -2.01. The molecule has 0 radical (unpaired) electrons. The van der Waals surface area contributed by atoms with E-state index in [1.807, 2.05) is 56.0 Å². The van der Waals surface area contributed by atoms with Crippen LogP contribution in [0.5, 0.6) is 0 Å². The molecule has 1 aromatic carbocycles. The second kappa shape index (κ2) is 7.51. The average molecular weight is 335 g/mol. The predicted octanol–water partition coefficient (Wildman–Crippen LogP) is 3.41. The molecular formula is C17H23ClN4O. The minimum Gasteiger partial charge on any atom is -0.337 e. The van der Waals surface area contributed by atoms with Crippen molar-refractivity contribution in [3.63, 3.8) is 0 Å². The molecule has 0 aliphatic heterocycles. The third-order valence-electron chi connectivity index (χ3n) is 4.37. The molecule has 0 bridgehead atoms. The number of halogens is 1. The summed E-state index contributed by atoms with van der Waals surface area (Å²) in [7, 11) is 3.72. The first kappa shape index (κ1) is 17.3. The van der Waals surface area contributed by atoms with Crippen LogP contribution < -0.4 is 5.32 Å². The lowest BCUT2D eigenvalue weighted by Crippen LogP contribution is -2.44. The Morgan fingerprint density at radius 3 is 2.57 bits per heavy atom. The number of imidazole rings is 1. The third kappa shape index (κ3) is 4.26. The van der Waals surface area contributed by atoms with E-state index in [4.69, 9.17) is 11.6 Å². The molecule has 0 fully saturated rings. The Balaban J connectivity index is 1.95. The summed E-state index contributed by atoms with van der Waals surface area (Å²) in [5.41, 5.74) is 1.16. The lowest BCUT2D eigenvalue weighted by atomic mass is 9.94. The number of amides is 2. The summed E-state index contributed by atoms with van der Waals surface area (Å²) >= 11 is 5.93. The van der Waals surface area contributed by atoms with Gasteiger partial charge in [-0.3, -0.25) is 0 Å². The summed E-state index contributed by atoms with van der Waals surface area (Å²) in [6.07, 6.45) is 3.58. The first-order valence-electron chi connectivity index (χ1n) is 7.62. The van der Waals surface area contributed by atoms with Crippen LogP contribution in [-0.2, 0) is 13.6 Å². The summed E-state index contributed by atoms with van der Waals surface area (Å²) < 4.78 is 1.89. The molecule has 1 heterocycles. The Morgan fingerprint density at radius 2 is 2.00 bits per heavy atom. The molecule has 124 valence electrons. The number of likely N-dealkylation sites (N-methyl/N-ethyl adjacent to an activating group) is 1. The summed E-state index contributed by atoms with van der Waals surface area (Å²) in [6.45, 7) is 4.56. The van der Waals surface area contributed by atoms with Gasteiger partial charge in [0.25, 0.3) is 0 Å². The zero-order valence-corrected chi connectivity index (χ0v) is 14.7. The number of hydrogen-bond acceptors (Lipinski definition) is 2. The molecule has 0 saturated heterocycles. The highest BCUT2D eigenvalue weighted by Crippen LogP contribution is 2.23. The van der Waals surface area contributed by atoms with Crippen LogP contribution in [0.25, 0.3) is 0 Å². The SMILES string of the molecule is C[C@@H](c1ccc(Cl)cc1)[C@H](C)N(C)C(=O)NCc1nccn1C. The van der Waals surface area contributed by atoms with Gasteiger partial charge in [-0.15, -0.1) is 0 Å². The van der Waals surface area contributed by atoms with E-state index >= 15 is 0 Å². The molecule has 1 N–H and O–H groups in total. The van der Waals surface area contributed by atoms with Crippen LogP contribution in [0.3, 0.4) is 0 Å². The van der Waals surface area contributed by atoms with Crippen LogP contribution >= 0.6 is 11.6 Å². The lowest BCUT2D eigenvalue weighted by Gasteiger charge is -2.30. The van der Waals surface area contributed by atoms with E-state index in [-0.39, 0.29) is 18.0 Å². The van der Waals surface area contributed by atoms with Crippen molar-refractivity contribution >= 4 is 17.6 Å². The third-order valence-corrected chi connectivity index (χ3v) is 4.62. The molecule has 0 aliphatic carbocycles. The standard InChI is InChI=1S/C17H23ClN4O/c1-12(14-5-7-15(18)8-6-14)13(2)22(4)17(23)20-11-16-19-9-10-21(16)3/h5-10,12-13H,11H2,1-4H3,(H,20,23)/t12-,13+/m1/s1. The fourth-order valence-electron chi connectivity index (χ4n) is 2.41. The fraction of sp³-hybridized carbons (Fsp3) is 0.412. The van der Waals surface area contributed by atoms with Crippen molar-refractivity contribution in [2.45, 2.75) is 32.4 Å². The Kier molecular flexibility index (Phi) is 5.66. The topological polar surface area (TPSA) is 50.2 Å². The van der Waals surface area contributed by atoms with Crippen molar-refractivity contribution in [1.82, 2.24) is 19.8 Å². The van der Waals surface area contributed by atoms with Gasteiger partial charge in [-0.1, -0.05) is 30.7 Å². The van der Waals surface area contributed by atoms with E-state index in [1.54, 1.807) is 11.1 Å². The van der Waals surface area contributed by atoms with Crippen LogP contribution in [0, 0.1) is 0 Å². The van der Waals surface area contributed by atoms with Crippen LogP contribution in [0.4, 0.5) is 4.79 Å². The quantitative estimate of drug-likeness (QED) is 0.911. The lowest BCUT2D eigenvalue weighted by molar-refractivity contribution is 0.186.